The number of carbonyl (C=O) groups excluding carboxylic acids is 2. The van der Waals surface area contributed by atoms with E-state index in [2.05, 4.69) is 10.3 Å². The van der Waals surface area contributed by atoms with Gasteiger partial charge < -0.3 is 15.0 Å². The van der Waals surface area contributed by atoms with Crippen molar-refractivity contribution in [3.8, 4) is 17.0 Å². The summed E-state index contributed by atoms with van der Waals surface area (Å²) in [7, 11) is 1.62. The fourth-order valence-electron chi connectivity index (χ4n) is 2.63. The van der Waals surface area contributed by atoms with Crippen LogP contribution in [-0.2, 0) is 9.59 Å². The van der Waals surface area contributed by atoms with Crippen molar-refractivity contribution in [3.63, 3.8) is 0 Å². The summed E-state index contributed by atoms with van der Waals surface area (Å²) in [4.78, 5) is 29.5. The third kappa shape index (κ3) is 3.64. The second kappa shape index (κ2) is 7.05. The Balaban J connectivity index is 1.70. The molecule has 1 N–H and O–H groups in total. The molecule has 1 aromatic carbocycles. The molecular weight excluding hydrogens is 358 g/mol. The lowest BCUT2D eigenvalue weighted by molar-refractivity contribution is -0.130. The number of thioether (sulfide) groups is 1. The van der Waals surface area contributed by atoms with Gasteiger partial charge in [0.05, 0.1) is 17.7 Å². The molecule has 1 saturated heterocycles. The summed E-state index contributed by atoms with van der Waals surface area (Å²) in [5, 5.41) is 5.24. The number of hydrogen-bond donors (Lipinski definition) is 1. The Hall–Kier alpha value is -2.06. The maximum atomic E-state index is 12.5. The molecule has 0 radical (unpaired) electrons. The zero-order chi connectivity index (χ0) is 18.0. The molecule has 0 bridgehead atoms. The van der Waals surface area contributed by atoms with E-state index in [9.17, 15) is 9.59 Å². The van der Waals surface area contributed by atoms with Crippen LogP contribution in [0.4, 0.5) is 5.13 Å². The quantitative estimate of drug-likeness (QED) is 0.811. The van der Waals surface area contributed by atoms with Crippen molar-refractivity contribution in [3.05, 3.63) is 29.6 Å². The van der Waals surface area contributed by atoms with Crippen molar-refractivity contribution in [2.45, 2.75) is 24.8 Å². The van der Waals surface area contributed by atoms with Crippen molar-refractivity contribution < 1.29 is 14.3 Å². The standard InChI is InChI=1S/C17H19N3O3S2/c1-17(2)20(10-21)14(9-25-17)15(22)19-16-18-13(8-24-16)11-4-6-12(23-3)7-5-11/h4-8,10,14H,9H2,1-3H3,(H,18,19,22). The van der Waals surface area contributed by atoms with Gasteiger partial charge in [-0.05, 0) is 38.1 Å². The highest BCUT2D eigenvalue weighted by atomic mass is 32.2. The molecule has 6 nitrogen and oxygen atoms in total. The molecule has 8 heteroatoms. The van der Waals surface area contributed by atoms with Gasteiger partial charge in [-0.2, -0.15) is 0 Å². The van der Waals surface area contributed by atoms with Gasteiger partial charge in [-0.3, -0.25) is 9.59 Å². The predicted octanol–water partition coefficient (Wildman–Crippen LogP) is 3.07. The van der Waals surface area contributed by atoms with Crippen molar-refractivity contribution in [2.75, 3.05) is 18.2 Å². The average Bonchev–Trinajstić information content (AvgIpc) is 3.18. The molecule has 1 aliphatic heterocycles. The lowest BCUT2D eigenvalue weighted by Crippen LogP contribution is -2.47. The molecule has 1 unspecified atom stereocenters. The first-order valence-corrected chi connectivity index (χ1v) is 9.59. The number of aromatic nitrogens is 1. The number of hydrogen-bond acceptors (Lipinski definition) is 6. The summed E-state index contributed by atoms with van der Waals surface area (Å²) in [5.41, 5.74) is 1.74. The summed E-state index contributed by atoms with van der Waals surface area (Å²) in [6, 6.07) is 7.10. The Morgan fingerprint density at radius 3 is 2.76 bits per heavy atom. The number of methoxy groups -OCH3 is 1. The Labute approximate surface area is 154 Å². The molecule has 132 valence electrons. The lowest BCUT2D eigenvalue weighted by Gasteiger charge is -2.29. The molecule has 25 heavy (non-hydrogen) atoms. The van der Waals surface area contributed by atoms with E-state index >= 15 is 0 Å². The highest BCUT2D eigenvalue weighted by Crippen LogP contribution is 2.38. The molecule has 3 rings (SSSR count). The number of thiazole rings is 1. The highest BCUT2D eigenvalue weighted by molar-refractivity contribution is 8.00. The largest absolute Gasteiger partial charge is 0.497 e. The number of amides is 2. The number of anilines is 1. The first-order chi connectivity index (χ1) is 11.9. The SMILES string of the molecule is COc1ccc(-c2csc(NC(=O)C3CSC(C)(C)N3C=O)n2)cc1. The van der Waals surface area contributed by atoms with Gasteiger partial charge in [-0.25, -0.2) is 4.98 Å². The molecule has 0 saturated carbocycles. The van der Waals surface area contributed by atoms with Crippen LogP contribution in [0.1, 0.15) is 13.8 Å². The van der Waals surface area contributed by atoms with Gasteiger partial charge >= 0.3 is 0 Å². The van der Waals surface area contributed by atoms with Crippen LogP contribution in [0, 0.1) is 0 Å². The molecule has 1 aromatic heterocycles. The Morgan fingerprint density at radius 2 is 2.12 bits per heavy atom. The van der Waals surface area contributed by atoms with Crippen LogP contribution in [0.5, 0.6) is 5.75 Å². The van der Waals surface area contributed by atoms with Gasteiger partial charge in [0.15, 0.2) is 5.13 Å². The number of benzene rings is 1. The molecule has 1 aliphatic rings. The van der Waals surface area contributed by atoms with E-state index in [1.807, 2.05) is 43.5 Å². The van der Waals surface area contributed by atoms with E-state index in [0.29, 0.717) is 10.9 Å². The van der Waals surface area contributed by atoms with Crippen molar-refractivity contribution in [2.24, 2.45) is 0 Å². The van der Waals surface area contributed by atoms with E-state index in [1.165, 1.54) is 11.3 Å². The third-order valence-corrected chi connectivity index (χ3v) is 6.25. The molecule has 0 aliphatic carbocycles. The van der Waals surface area contributed by atoms with Crippen LogP contribution in [-0.4, -0.2) is 46.0 Å². The van der Waals surface area contributed by atoms with Crippen LogP contribution in [0.2, 0.25) is 0 Å². The summed E-state index contributed by atoms with van der Waals surface area (Å²) < 4.78 is 5.15. The van der Waals surface area contributed by atoms with E-state index in [-0.39, 0.29) is 10.8 Å². The Morgan fingerprint density at radius 1 is 1.40 bits per heavy atom. The minimum atomic E-state index is -0.481. The van der Waals surface area contributed by atoms with E-state index in [1.54, 1.807) is 23.8 Å². The third-order valence-electron chi connectivity index (χ3n) is 4.09. The molecule has 1 atom stereocenters. The van der Waals surface area contributed by atoms with Crippen LogP contribution >= 0.6 is 23.1 Å². The zero-order valence-corrected chi connectivity index (χ0v) is 15.8. The maximum Gasteiger partial charge on any atom is 0.249 e. The second-order valence-corrected chi connectivity index (χ2v) is 8.52. The number of carbonyl (C=O) groups is 2. The first kappa shape index (κ1) is 17.8. The number of nitrogens with one attached hydrogen (secondary N) is 1. The van der Waals surface area contributed by atoms with Gasteiger partial charge in [-0.15, -0.1) is 23.1 Å². The van der Waals surface area contributed by atoms with Gasteiger partial charge in [0, 0.05) is 16.7 Å². The topological polar surface area (TPSA) is 71.5 Å². The van der Waals surface area contributed by atoms with Gasteiger partial charge in [0.2, 0.25) is 12.3 Å². The Kier molecular flexibility index (Phi) is 5.01. The van der Waals surface area contributed by atoms with Crippen LogP contribution in [0.3, 0.4) is 0 Å². The molecule has 1 fully saturated rings. The first-order valence-electron chi connectivity index (χ1n) is 7.73. The molecule has 2 amide bonds. The van der Waals surface area contributed by atoms with Crippen LogP contribution < -0.4 is 10.1 Å². The molecule has 2 aromatic rings. The number of rotatable bonds is 5. The summed E-state index contributed by atoms with van der Waals surface area (Å²) >= 11 is 2.95. The summed E-state index contributed by atoms with van der Waals surface area (Å²) in [6.07, 6.45) is 0.745. The smallest absolute Gasteiger partial charge is 0.249 e. The Bertz CT molecular complexity index is 774. The lowest BCUT2D eigenvalue weighted by atomic mass is 10.2. The average molecular weight is 377 g/mol. The van der Waals surface area contributed by atoms with Crippen LogP contribution in [0.15, 0.2) is 29.6 Å². The summed E-state index contributed by atoms with van der Waals surface area (Å²) in [6.45, 7) is 3.87. The zero-order valence-electron chi connectivity index (χ0n) is 14.2. The van der Waals surface area contributed by atoms with Crippen molar-refractivity contribution in [1.82, 2.24) is 9.88 Å². The minimum Gasteiger partial charge on any atom is -0.497 e. The van der Waals surface area contributed by atoms with Gasteiger partial charge in [0.1, 0.15) is 11.8 Å². The van der Waals surface area contributed by atoms with Crippen molar-refractivity contribution >= 4 is 40.5 Å². The van der Waals surface area contributed by atoms with Crippen LogP contribution in [0.25, 0.3) is 11.3 Å². The normalized spacial score (nSPS) is 18.8. The van der Waals surface area contributed by atoms with Gasteiger partial charge in [0.25, 0.3) is 0 Å². The van der Waals surface area contributed by atoms with E-state index in [4.69, 9.17) is 4.74 Å². The fourth-order valence-corrected chi connectivity index (χ4v) is 4.55. The number of ether oxygens (including phenoxy) is 1. The second-order valence-electron chi connectivity index (χ2n) is 6.04. The minimum absolute atomic E-state index is 0.208. The fraction of sp³-hybridized carbons (Fsp3) is 0.353. The van der Waals surface area contributed by atoms with Crippen molar-refractivity contribution in [1.29, 1.82) is 0 Å². The number of nitrogens with zero attached hydrogens (tertiary/aromatic N) is 2. The highest BCUT2D eigenvalue weighted by Gasteiger charge is 2.43. The summed E-state index contributed by atoms with van der Waals surface area (Å²) in [5.74, 6) is 1.15. The van der Waals surface area contributed by atoms with Gasteiger partial charge in [-0.1, -0.05) is 0 Å². The molecular formula is C17H19N3O3S2. The molecule has 0 spiro atoms. The predicted molar refractivity (Wildman–Crippen MR) is 101 cm³/mol. The maximum absolute atomic E-state index is 12.5. The van der Waals surface area contributed by atoms with E-state index in [0.717, 1.165) is 23.4 Å². The molecule has 2 heterocycles. The van der Waals surface area contributed by atoms with E-state index < -0.39 is 6.04 Å². The monoisotopic (exact) mass is 377 g/mol.